The molecular weight excluding hydrogens is 389 g/mol. The van der Waals surface area contributed by atoms with Crippen LogP contribution in [0.2, 0.25) is 15.1 Å². The van der Waals surface area contributed by atoms with Gasteiger partial charge in [-0.05, 0) is 35.9 Å². The lowest BCUT2D eigenvalue weighted by atomic mass is 10.1. The van der Waals surface area contributed by atoms with E-state index in [4.69, 9.17) is 39.9 Å². The Bertz CT molecular complexity index is 819. The molecule has 1 heterocycles. The topological polar surface area (TPSA) is 75.8 Å². The molecule has 0 amide bonds. The molecule has 0 aromatic heterocycles. The van der Waals surface area contributed by atoms with E-state index in [-0.39, 0.29) is 9.40 Å². The molecule has 0 bridgehead atoms. The van der Waals surface area contributed by atoms with Crippen LogP contribution < -0.4 is 5.14 Å². The second-order valence-electron chi connectivity index (χ2n) is 4.29. The van der Waals surface area contributed by atoms with Crippen molar-refractivity contribution in [2.75, 3.05) is 0 Å². The number of thioether (sulfide) groups is 1. The van der Waals surface area contributed by atoms with Crippen molar-refractivity contribution in [2.24, 2.45) is 10.2 Å². The second kappa shape index (κ2) is 6.43. The molecule has 118 valence electrons. The van der Waals surface area contributed by atoms with Crippen LogP contribution in [0.4, 0.5) is 0 Å². The second-order valence-corrected chi connectivity index (χ2v) is 8.25. The molecule has 1 aromatic carbocycles. The highest BCUT2D eigenvalue weighted by Crippen LogP contribution is 2.37. The molecule has 1 aliphatic rings. The number of nitrogens with zero attached hydrogens (tertiary/aromatic N) is 2. The number of nitrogens with two attached hydrogens (primary N) is 1. The fourth-order valence-corrected chi connectivity index (χ4v) is 3.77. The SMILES string of the molecule is C=C1SC(S(N)(=O)=O)=NN1/C=C(\C)c1ccc(Cl)c(Cl)c1Cl. The Kier molecular flexibility index (Phi) is 5.16. The Labute approximate surface area is 147 Å². The Hall–Kier alpha value is -0.700. The lowest BCUT2D eigenvalue weighted by molar-refractivity contribution is 0.545. The van der Waals surface area contributed by atoms with Gasteiger partial charge in [-0.2, -0.15) is 0 Å². The summed E-state index contributed by atoms with van der Waals surface area (Å²) in [5.41, 5.74) is 1.35. The first-order valence-corrected chi connectivity index (χ1v) is 9.20. The molecule has 0 aliphatic carbocycles. The number of hydrogen-bond donors (Lipinski definition) is 1. The summed E-state index contributed by atoms with van der Waals surface area (Å²) < 4.78 is 22.4. The van der Waals surface area contributed by atoms with Crippen molar-refractivity contribution in [1.82, 2.24) is 5.01 Å². The van der Waals surface area contributed by atoms with Crippen LogP contribution in [0.5, 0.6) is 0 Å². The van der Waals surface area contributed by atoms with Gasteiger partial charge in [-0.25, -0.2) is 18.6 Å². The molecule has 22 heavy (non-hydrogen) atoms. The summed E-state index contributed by atoms with van der Waals surface area (Å²) in [7, 11) is -3.87. The van der Waals surface area contributed by atoms with E-state index in [1.54, 1.807) is 25.3 Å². The summed E-state index contributed by atoms with van der Waals surface area (Å²) >= 11 is 18.9. The van der Waals surface area contributed by atoms with Crippen molar-refractivity contribution >= 4 is 66.5 Å². The van der Waals surface area contributed by atoms with Gasteiger partial charge >= 0.3 is 0 Å². The first-order chi connectivity index (χ1) is 10.1. The minimum atomic E-state index is -3.87. The zero-order valence-electron chi connectivity index (χ0n) is 11.2. The summed E-state index contributed by atoms with van der Waals surface area (Å²) in [6.45, 7) is 5.50. The zero-order valence-corrected chi connectivity index (χ0v) is 15.1. The van der Waals surface area contributed by atoms with Crippen molar-refractivity contribution < 1.29 is 8.42 Å². The van der Waals surface area contributed by atoms with Crippen molar-refractivity contribution in [3.8, 4) is 0 Å². The standard InChI is InChI=1S/C12H10Cl3N3O2S2/c1-6(8-3-4-9(13)11(15)10(8)14)5-18-7(2)21-12(17-18)22(16,19)20/h3-5H,2H2,1H3,(H2,16,19,20)/b6-5+. The number of hydrazone groups is 1. The molecule has 0 saturated carbocycles. The van der Waals surface area contributed by atoms with Crippen LogP contribution in [-0.2, 0) is 10.0 Å². The summed E-state index contributed by atoms with van der Waals surface area (Å²) in [6, 6.07) is 3.33. The first-order valence-electron chi connectivity index (χ1n) is 5.71. The molecule has 2 rings (SSSR count). The average Bonchev–Trinajstić information content (AvgIpc) is 2.77. The molecule has 1 aliphatic heterocycles. The Balaban J connectivity index is 2.40. The maximum Gasteiger partial charge on any atom is 0.263 e. The normalized spacial score (nSPS) is 16.2. The van der Waals surface area contributed by atoms with E-state index in [9.17, 15) is 8.42 Å². The summed E-state index contributed by atoms with van der Waals surface area (Å²) in [5.74, 6) is 0. The van der Waals surface area contributed by atoms with E-state index >= 15 is 0 Å². The van der Waals surface area contributed by atoms with E-state index in [1.165, 1.54) is 5.01 Å². The number of hydrogen-bond acceptors (Lipinski definition) is 5. The highest BCUT2D eigenvalue weighted by atomic mass is 35.5. The molecule has 0 radical (unpaired) electrons. The van der Waals surface area contributed by atoms with Gasteiger partial charge in [0.2, 0.25) is 4.38 Å². The lowest BCUT2D eigenvalue weighted by Gasteiger charge is -2.12. The summed E-state index contributed by atoms with van der Waals surface area (Å²) in [4.78, 5) is 0. The lowest BCUT2D eigenvalue weighted by Crippen LogP contribution is -2.19. The molecule has 5 nitrogen and oxygen atoms in total. The number of primary sulfonamides is 1. The maximum absolute atomic E-state index is 11.3. The van der Waals surface area contributed by atoms with Crippen LogP contribution in [0.25, 0.3) is 5.57 Å². The van der Waals surface area contributed by atoms with Gasteiger partial charge in [0.1, 0.15) is 0 Å². The van der Waals surface area contributed by atoms with Gasteiger partial charge < -0.3 is 0 Å². The van der Waals surface area contributed by atoms with Gasteiger partial charge in [0.25, 0.3) is 10.0 Å². The van der Waals surface area contributed by atoms with Crippen LogP contribution in [0.15, 0.2) is 35.0 Å². The predicted molar refractivity (Wildman–Crippen MR) is 94.2 cm³/mol. The molecule has 10 heteroatoms. The van der Waals surface area contributed by atoms with E-state index in [2.05, 4.69) is 11.7 Å². The molecule has 0 unspecified atom stereocenters. The first kappa shape index (κ1) is 17.7. The smallest absolute Gasteiger partial charge is 0.233 e. The summed E-state index contributed by atoms with van der Waals surface area (Å²) in [6.07, 6.45) is 1.58. The van der Waals surface area contributed by atoms with Crippen molar-refractivity contribution in [2.45, 2.75) is 6.92 Å². The fourth-order valence-electron chi connectivity index (χ4n) is 1.61. The average molecular weight is 399 g/mol. The fraction of sp³-hybridized carbons (Fsp3) is 0.0833. The van der Waals surface area contributed by atoms with E-state index in [0.717, 1.165) is 11.8 Å². The van der Waals surface area contributed by atoms with Gasteiger partial charge in [0.15, 0.2) is 0 Å². The molecule has 1 aromatic rings. The third-order valence-corrected chi connectivity index (χ3v) is 6.16. The van der Waals surface area contributed by atoms with Gasteiger partial charge in [0.05, 0.1) is 20.1 Å². The monoisotopic (exact) mass is 397 g/mol. The van der Waals surface area contributed by atoms with Gasteiger partial charge in [-0.1, -0.05) is 47.4 Å². The molecule has 0 spiro atoms. The molecule has 0 atom stereocenters. The largest absolute Gasteiger partial charge is 0.263 e. The van der Waals surface area contributed by atoms with E-state index in [1.807, 2.05) is 0 Å². The Morgan fingerprint density at radius 1 is 1.36 bits per heavy atom. The van der Waals surface area contributed by atoms with Crippen LogP contribution in [-0.4, -0.2) is 17.8 Å². The maximum atomic E-state index is 11.3. The molecule has 2 N–H and O–H groups in total. The highest BCUT2D eigenvalue weighted by molar-refractivity contribution is 8.36. The van der Waals surface area contributed by atoms with Crippen molar-refractivity contribution in [3.63, 3.8) is 0 Å². The molecule has 0 saturated heterocycles. The Morgan fingerprint density at radius 3 is 2.55 bits per heavy atom. The number of allylic oxidation sites excluding steroid dienone is 1. The number of sulfonamides is 1. The zero-order chi connectivity index (χ0) is 16.7. The minimum absolute atomic E-state index is 0.221. The Morgan fingerprint density at radius 2 is 2.00 bits per heavy atom. The highest BCUT2D eigenvalue weighted by Gasteiger charge is 2.26. The third kappa shape index (κ3) is 3.61. The van der Waals surface area contributed by atoms with Crippen LogP contribution in [0.1, 0.15) is 12.5 Å². The van der Waals surface area contributed by atoms with Crippen LogP contribution in [0.3, 0.4) is 0 Å². The van der Waals surface area contributed by atoms with Gasteiger partial charge in [0, 0.05) is 6.20 Å². The van der Waals surface area contributed by atoms with E-state index in [0.29, 0.717) is 26.2 Å². The van der Waals surface area contributed by atoms with Crippen LogP contribution in [0, 0.1) is 0 Å². The van der Waals surface area contributed by atoms with Crippen LogP contribution >= 0.6 is 46.6 Å². The number of benzene rings is 1. The van der Waals surface area contributed by atoms with Gasteiger partial charge in [-0.15, -0.1) is 5.10 Å². The number of halogens is 3. The summed E-state index contributed by atoms with van der Waals surface area (Å²) in [5, 5.41) is 11.6. The van der Waals surface area contributed by atoms with Crippen molar-refractivity contribution in [3.05, 3.63) is 50.6 Å². The van der Waals surface area contributed by atoms with E-state index < -0.39 is 10.0 Å². The molecular formula is C12H10Cl3N3O2S2. The quantitative estimate of drug-likeness (QED) is 0.761. The van der Waals surface area contributed by atoms with Gasteiger partial charge in [-0.3, -0.25) is 0 Å². The molecule has 0 fully saturated rings. The number of rotatable bonds is 2. The van der Waals surface area contributed by atoms with Crippen molar-refractivity contribution in [1.29, 1.82) is 0 Å². The minimum Gasteiger partial charge on any atom is -0.233 e. The predicted octanol–water partition coefficient (Wildman–Crippen LogP) is 4.09. The third-order valence-electron chi connectivity index (χ3n) is 2.67.